The standard InChI is InChI=1S/C22H21Cl2NO5/c1-27-9-10-29-13-30-21-16-6-4-3-5-15(16)20(28-2)12-17(21)22(26)25-19-11-14(23)7-8-18(19)24/h3-8,11-12H,9-10,13H2,1-2H3,(H,25,26). The van der Waals surface area contributed by atoms with Crippen molar-refractivity contribution in [2.24, 2.45) is 0 Å². The number of amides is 1. The van der Waals surface area contributed by atoms with Gasteiger partial charge in [0.2, 0.25) is 0 Å². The molecule has 0 spiro atoms. The molecule has 0 bridgehead atoms. The van der Waals surface area contributed by atoms with Crippen LogP contribution in [0.25, 0.3) is 10.8 Å². The number of hydrogen-bond acceptors (Lipinski definition) is 5. The lowest BCUT2D eigenvalue weighted by molar-refractivity contribution is -0.00806. The molecule has 3 aromatic carbocycles. The zero-order valence-electron chi connectivity index (χ0n) is 16.5. The maximum Gasteiger partial charge on any atom is 0.259 e. The maximum atomic E-state index is 13.1. The average Bonchev–Trinajstić information content (AvgIpc) is 2.75. The van der Waals surface area contributed by atoms with Gasteiger partial charge in [-0.25, -0.2) is 0 Å². The normalized spacial score (nSPS) is 10.8. The Morgan fingerprint density at radius 3 is 2.50 bits per heavy atom. The number of benzene rings is 3. The van der Waals surface area contributed by atoms with Crippen LogP contribution in [0.2, 0.25) is 10.0 Å². The van der Waals surface area contributed by atoms with Crippen LogP contribution in [-0.4, -0.2) is 40.1 Å². The number of hydrogen-bond donors (Lipinski definition) is 1. The minimum atomic E-state index is -0.421. The van der Waals surface area contributed by atoms with Gasteiger partial charge in [0.15, 0.2) is 6.79 Å². The van der Waals surface area contributed by atoms with Crippen LogP contribution in [-0.2, 0) is 9.47 Å². The van der Waals surface area contributed by atoms with Crippen molar-refractivity contribution in [2.75, 3.05) is 39.5 Å². The van der Waals surface area contributed by atoms with Crippen LogP contribution in [0, 0.1) is 0 Å². The molecule has 1 N–H and O–H groups in total. The molecule has 0 aliphatic heterocycles. The highest BCUT2D eigenvalue weighted by molar-refractivity contribution is 6.36. The fourth-order valence-electron chi connectivity index (χ4n) is 2.89. The summed E-state index contributed by atoms with van der Waals surface area (Å²) >= 11 is 12.2. The van der Waals surface area contributed by atoms with Crippen LogP contribution in [0.5, 0.6) is 11.5 Å². The number of rotatable bonds is 9. The molecule has 3 aromatic rings. The molecule has 0 atom stereocenters. The van der Waals surface area contributed by atoms with Gasteiger partial charge >= 0.3 is 0 Å². The average molecular weight is 450 g/mol. The van der Waals surface area contributed by atoms with Gasteiger partial charge in [0.25, 0.3) is 5.91 Å². The van der Waals surface area contributed by atoms with Crippen molar-refractivity contribution in [1.29, 1.82) is 0 Å². The second kappa shape index (κ2) is 10.5. The van der Waals surface area contributed by atoms with E-state index in [1.807, 2.05) is 24.3 Å². The Bertz CT molecular complexity index is 1040. The molecule has 3 rings (SSSR count). The molecule has 8 heteroatoms. The number of halogens is 2. The summed E-state index contributed by atoms with van der Waals surface area (Å²) in [5, 5.41) is 5.13. The van der Waals surface area contributed by atoms with Gasteiger partial charge < -0.3 is 24.3 Å². The fourth-order valence-corrected chi connectivity index (χ4v) is 3.23. The zero-order chi connectivity index (χ0) is 21.5. The summed E-state index contributed by atoms with van der Waals surface area (Å²) in [6.45, 7) is 0.759. The lowest BCUT2D eigenvalue weighted by Gasteiger charge is -2.17. The number of methoxy groups -OCH3 is 2. The van der Waals surface area contributed by atoms with Gasteiger partial charge in [-0.15, -0.1) is 0 Å². The van der Waals surface area contributed by atoms with Gasteiger partial charge in [0.05, 0.1) is 36.6 Å². The molecule has 6 nitrogen and oxygen atoms in total. The van der Waals surface area contributed by atoms with Gasteiger partial charge in [-0.05, 0) is 24.3 Å². The van der Waals surface area contributed by atoms with Gasteiger partial charge in [-0.1, -0.05) is 47.5 Å². The van der Waals surface area contributed by atoms with Gasteiger partial charge in [0, 0.05) is 22.9 Å². The van der Waals surface area contributed by atoms with Crippen LogP contribution in [0.15, 0.2) is 48.5 Å². The van der Waals surface area contributed by atoms with E-state index in [1.54, 1.807) is 38.5 Å². The smallest absolute Gasteiger partial charge is 0.259 e. The summed E-state index contributed by atoms with van der Waals surface area (Å²) in [5.41, 5.74) is 0.667. The van der Waals surface area contributed by atoms with E-state index in [0.717, 1.165) is 10.8 Å². The molecule has 0 radical (unpaired) electrons. The van der Waals surface area contributed by atoms with E-state index in [2.05, 4.69) is 5.32 Å². The fraction of sp³-hybridized carbons (Fsp3) is 0.227. The van der Waals surface area contributed by atoms with Crippen molar-refractivity contribution >= 4 is 45.6 Å². The first-order chi connectivity index (χ1) is 14.5. The third-order valence-corrected chi connectivity index (χ3v) is 4.88. The second-order valence-electron chi connectivity index (χ2n) is 6.24. The number of carbonyl (C=O) groups is 1. The molecular weight excluding hydrogens is 429 g/mol. The SMILES string of the molecule is COCCOCOc1c(C(=O)Nc2cc(Cl)ccc2Cl)cc(OC)c2ccccc12. The minimum absolute atomic E-state index is 0.0438. The van der Waals surface area contributed by atoms with Crippen molar-refractivity contribution in [2.45, 2.75) is 0 Å². The predicted octanol–water partition coefficient (Wildman–Crippen LogP) is 5.41. The van der Waals surface area contributed by atoms with E-state index in [1.165, 1.54) is 0 Å². The summed E-state index contributed by atoms with van der Waals surface area (Å²) in [6, 6.07) is 13.9. The Morgan fingerprint density at radius 1 is 1.00 bits per heavy atom. The number of fused-ring (bicyclic) bond motifs is 1. The van der Waals surface area contributed by atoms with Gasteiger partial charge in [-0.3, -0.25) is 4.79 Å². The lowest BCUT2D eigenvalue weighted by Crippen LogP contribution is -2.16. The largest absolute Gasteiger partial charge is 0.496 e. The third kappa shape index (κ3) is 5.15. The first-order valence-corrected chi connectivity index (χ1v) is 9.86. The Labute approximate surface area is 184 Å². The van der Waals surface area contributed by atoms with E-state index in [0.29, 0.717) is 40.4 Å². The Hall–Kier alpha value is -2.51. The maximum absolute atomic E-state index is 13.1. The molecule has 0 fully saturated rings. The van der Waals surface area contributed by atoms with Crippen molar-refractivity contribution < 1.29 is 23.7 Å². The molecule has 30 heavy (non-hydrogen) atoms. The highest BCUT2D eigenvalue weighted by Crippen LogP contribution is 2.37. The van der Waals surface area contributed by atoms with Crippen LogP contribution in [0.3, 0.4) is 0 Å². The van der Waals surface area contributed by atoms with Crippen LogP contribution in [0.4, 0.5) is 5.69 Å². The summed E-state index contributed by atoms with van der Waals surface area (Å²) in [6.07, 6.45) is 0. The number of ether oxygens (including phenoxy) is 4. The molecule has 0 saturated carbocycles. The Balaban J connectivity index is 1.99. The minimum Gasteiger partial charge on any atom is -0.496 e. The van der Waals surface area contributed by atoms with Gasteiger partial charge in [0.1, 0.15) is 11.5 Å². The first kappa shape index (κ1) is 22.2. The van der Waals surface area contributed by atoms with Crippen molar-refractivity contribution in [3.8, 4) is 11.5 Å². The number of nitrogens with one attached hydrogen (secondary N) is 1. The molecule has 0 saturated heterocycles. The second-order valence-corrected chi connectivity index (χ2v) is 7.09. The molecule has 0 aliphatic carbocycles. The monoisotopic (exact) mass is 449 g/mol. The van der Waals surface area contributed by atoms with E-state index in [-0.39, 0.29) is 12.4 Å². The highest BCUT2D eigenvalue weighted by Gasteiger charge is 2.20. The first-order valence-electron chi connectivity index (χ1n) is 9.10. The number of anilines is 1. The van der Waals surface area contributed by atoms with E-state index in [9.17, 15) is 4.79 Å². The molecule has 0 unspecified atom stereocenters. The Kier molecular flexibility index (Phi) is 7.76. The van der Waals surface area contributed by atoms with Crippen molar-refractivity contribution in [3.63, 3.8) is 0 Å². The predicted molar refractivity (Wildman–Crippen MR) is 118 cm³/mol. The molecule has 1 amide bonds. The van der Waals surface area contributed by atoms with Crippen molar-refractivity contribution in [1.82, 2.24) is 0 Å². The van der Waals surface area contributed by atoms with E-state index in [4.69, 9.17) is 42.1 Å². The zero-order valence-corrected chi connectivity index (χ0v) is 18.0. The van der Waals surface area contributed by atoms with Crippen LogP contribution < -0.4 is 14.8 Å². The quantitative estimate of drug-likeness (QED) is 0.349. The van der Waals surface area contributed by atoms with E-state index < -0.39 is 5.91 Å². The summed E-state index contributed by atoms with van der Waals surface area (Å²) < 4.78 is 21.7. The highest BCUT2D eigenvalue weighted by atomic mass is 35.5. The number of carbonyl (C=O) groups excluding carboxylic acids is 1. The van der Waals surface area contributed by atoms with Crippen molar-refractivity contribution in [3.05, 3.63) is 64.1 Å². The van der Waals surface area contributed by atoms with Gasteiger partial charge in [-0.2, -0.15) is 0 Å². The summed E-state index contributed by atoms with van der Waals surface area (Å²) in [7, 11) is 3.14. The molecule has 0 aliphatic rings. The van der Waals surface area contributed by atoms with Crippen LogP contribution >= 0.6 is 23.2 Å². The third-order valence-electron chi connectivity index (χ3n) is 4.32. The molecular formula is C22H21Cl2NO5. The molecule has 0 heterocycles. The summed E-state index contributed by atoms with van der Waals surface area (Å²) in [4.78, 5) is 13.1. The molecule has 0 aromatic heterocycles. The summed E-state index contributed by atoms with van der Waals surface area (Å²) in [5.74, 6) is 0.496. The molecule has 158 valence electrons. The lowest BCUT2D eigenvalue weighted by atomic mass is 10.0. The van der Waals surface area contributed by atoms with E-state index >= 15 is 0 Å². The Morgan fingerprint density at radius 2 is 1.77 bits per heavy atom. The van der Waals surface area contributed by atoms with Crippen LogP contribution in [0.1, 0.15) is 10.4 Å². The topological polar surface area (TPSA) is 66.0 Å².